The first-order valence-corrected chi connectivity index (χ1v) is 4.40. The van der Waals surface area contributed by atoms with E-state index < -0.39 is 30.1 Å². The molecule has 1 amide bonds. The first-order chi connectivity index (χ1) is 6.85. The second kappa shape index (κ2) is 4.46. The highest BCUT2D eigenvalue weighted by Gasteiger charge is 2.51. The molecule has 0 aromatic rings. The van der Waals surface area contributed by atoms with E-state index in [0.29, 0.717) is 0 Å². The van der Waals surface area contributed by atoms with Crippen LogP contribution in [0.3, 0.4) is 0 Å². The number of carbonyl (C=O) groups excluding carboxylic acids is 1. The van der Waals surface area contributed by atoms with Crippen molar-refractivity contribution < 1.29 is 27.8 Å². The van der Waals surface area contributed by atoms with Gasteiger partial charge in [-0.1, -0.05) is 0 Å². The molecule has 0 saturated heterocycles. The van der Waals surface area contributed by atoms with Crippen molar-refractivity contribution in [2.45, 2.75) is 38.3 Å². The van der Waals surface area contributed by atoms with Crippen molar-refractivity contribution in [1.82, 2.24) is 5.32 Å². The minimum Gasteiger partial charge on any atom is -0.444 e. The van der Waals surface area contributed by atoms with Crippen LogP contribution in [0.15, 0.2) is 0 Å². The Kier molecular flexibility index (Phi) is 4.18. The van der Waals surface area contributed by atoms with Gasteiger partial charge in [0.1, 0.15) is 5.60 Å². The average Bonchev–Trinajstić information content (AvgIpc) is 1.95. The molecule has 0 spiro atoms. The fourth-order valence-electron chi connectivity index (χ4n) is 0.621. The molecule has 4 N–H and O–H groups in total. The second-order valence-electron chi connectivity index (χ2n) is 4.28. The van der Waals surface area contributed by atoms with Crippen LogP contribution in [0.5, 0.6) is 0 Å². The van der Waals surface area contributed by atoms with Crippen molar-refractivity contribution in [3.05, 3.63) is 0 Å². The van der Waals surface area contributed by atoms with Crippen molar-refractivity contribution in [2.75, 3.05) is 6.54 Å². The molecular weight excluding hydrogens is 229 g/mol. The zero-order chi connectivity index (χ0) is 13.2. The molecule has 96 valence electrons. The summed E-state index contributed by atoms with van der Waals surface area (Å²) >= 11 is 0. The number of alkyl carbamates (subject to hydrolysis) is 1. The van der Waals surface area contributed by atoms with E-state index in [2.05, 4.69) is 10.5 Å². The van der Waals surface area contributed by atoms with Gasteiger partial charge in [-0.05, 0) is 20.8 Å². The van der Waals surface area contributed by atoms with Gasteiger partial charge in [-0.15, -0.1) is 0 Å². The molecule has 0 aromatic carbocycles. The molecule has 1 atom stereocenters. The molecule has 8 heteroatoms. The number of ether oxygens (including phenoxy) is 1. The predicted octanol–water partition coefficient (Wildman–Crippen LogP) is 0.721. The van der Waals surface area contributed by atoms with Crippen molar-refractivity contribution in [1.29, 1.82) is 0 Å². The average molecular weight is 244 g/mol. The Balaban J connectivity index is 4.22. The van der Waals surface area contributed by atoms with Gasteiger partial charge in [0.15, 0.2) is 0 Å². The van der Waals surface area contributed by atoms with Crippen LogP contribution in [0.1, 0.15) is 20.8 Å². The van der Waals surface area contributed by atoms with Crippen LogP contribution < -0.4 is 11.1 Å². The Bertz CT molecular complexity index is 258. The smallest absolute Gasteiger partial charge is 0.432 e. The molecule has 0 aliphatic heterocycles. The van der Waals surface area contributed by atoms with Crippen LogP contribution in [0, 0.1) is 0 Å². The summed E-state index contributed by atoms with van der Waals surface area (Å²) in [5, 5.41) is 10.5. The summed E-state index contributed by atoms with van der Waals surface area (Å²) in [4.78, 5) is 11.0. The molecule has 0 heterocycles. The van der Waals surface area contributed by atoms with Crippen LogP contribution in [0.4, 0.5) is 18.0 Å². The lowest BCUT2D eigenvalue weighted by Gasteiger charge is -2.27. The van der Waals surface area contributed by atoms with E-state index >= 15 is 0 Å². The number of hydrogen-bond donors (Lipinski definition) is 3. The van der Waals surface area contributed by atoms with E-state index in [0.717, 1.165) is 0 Å². The maximum atomic E-state index is 12.1. The molecule has 0 radical (unpaired) electrons. The quantitative estimate of drug-likeness (QED) is 0.625. The van der Waals surface area contributed by atoms with Gasteiger partial charge >= 0.3 is 12.3 Å². The zero-order valence-corrected chi connectivity index (χ0v) is 9.18. The Morgan fingerprint density at radius 1 is 1.38 bits per heavy atom. The van der Waals surface area contributed by atoms with Gasteiger partial charge in [0.05, 0.1) is 6.54 Å². The number of rotatable bonds is 2. The lowest BCUT2D eigenvalue weighted by Crippen LogP contribution is -2.60. The van der Waals surface area contributed by atoms with Gasteiger partial charge in [-0.25, -0.2) is 4.79 Å². The minimum absolute atomic E-state index is 0.838. The van der Waals surface area contributed by atoms with Gasteiger partial charge < -0.3 is 15.2 Å². The number of aliphatic hydroxyl groups is 1. The van der Waals surface area contributed by atoms with Crippen LogP contribution >= 0.6 is 0 Å². The summed E-state index contributed by atoms with van der Waals surface area (Å²) in [5.74, 6) is 0. The summed E-state index contributed by atoms with van der Waals surface area (Å²) in [6, 6.07) is 0. The van der Waals surface area contributed by atoms with Crippen molar-refractivity contribution in [3.8, 4) is 0 Å². The van der Waals surface area contributed by atoms with E-state index in [1.54, 1.807) is 26.1 Å². The number of carbonyl (C=O) groups is 1. The number of amides is 1. The van der Waals surface area contributed by atoms with E-state index in [4.69, 9.17) is 5.11 Å². The highest BCUT2D eigenvalue weighted by molar-refractivity contribution is 5.67. The maximum absolute atomic E-state index is 12.1. The predicted molar refractivity (Wildman–Crippen MR) is 49.4 cm³/mol. The van der Waals surface area contributed by atoms with Gasteiger partial charge in [-0.2, -0.15) is 13.2 Å². The van der Waals surface area contributed by atoms with Gasteiger partial charge in [0, 0.05) is 0 Å². The molecule has 0 bridgehead atoms. The molecule has 0 rings (SSSR count). The summed E-state index contributed by atoms with van der Waals surface area (Å²) in [6.07, 6.45) is -6.11. The molecule has 0 aliphatic rings. The number of nitrogens with two attached hydrogens (primary N) is 1. The van der Waals surface area contributed by atoms with Gasteiger partial charge in [0.25, 0.3) is 0 Å². The molecule has 0 saturated carbocycles. The van der Waals surface area contributed by atoms with Crippen molar-refractivity contribution in [2.24, 2.45) is 5.73 Å². The summed E-state index contributed by atoms with van der Waals surface area (Å²) < 4.78 is 40.8. The molecule has 0 unspecified atom stereocenters. The van der Waals surface area contributed by atoms with Crippen LogP contribution in [0.25, 0.3) is 0 Å². The fourth-order valence-corrected chi connectivity index (χ4v) is 0.621. The highest BCUT2D eigenvalue weighted by Crippen LogP contribution is 2.25. The zero-order valence-electron chi connectivity index (χ0n) is 9.18. The third-order valence-corrected chi connectivity index (χ3v) is 1.39. The first-order valence-electron chi connectivity index (χ1n) is 4.40. The Morgan fingerprint density at radius 3 is 2.12 bits per heavy atom. The molecule has 5 nitrogen and oxygen atoms in total. The maximum Gasteiger partial charge on any atom is 0.432 e. The highest BCUT2D eigenvalue weighted by atomic mass is 19.4. The standard InChI is InChI=1S/C8H15F3N2O3/c1-6(2,3)16-5(14)13-4-7(12,15)8(9,10)11/h15H,4,12H2,1-3H3,(H,13,14)/t7-/m0/s1. The number of nitrogens with one attached hydrogen (secondary N) is 1. The Labute approximate surface area is 90.7 Å². The van der Waals surface area contributed by atoms with Crippen LogP contribution in [-0.2, 0) is 4.74 Å². The van der Waals surface area contributed by atoms with Crippen molar-refractivity contribution in [3.63, 3.8) is 0 Å². The second-order valence-corrected chi connectivity index (χ2v) is 4.28. The molecule has 0 fully saturated rings. The summed E-state index contributed by atoms with van der Waals surface area (Å²) in [6.45, 7) is 3.46. The Hall–Kier alpha value is -1.02. The molecule has 0 aliphatic carbocycles. The third-order valence-electron chi connectivity index (χ3n) is 1.39. The lowest BCUT2D eigenvalue weighted by atomic mass is 10.2. The van der Waals surface area contributed by atoms with E-state index in [1.807, 2.05) is 0 Å². The van der Waals surface area contributed by atoms with Crippen LogP contribution in [-0.4, -0.2) is 35.2 Å². The molecular formula is C8H15F3N2O3. The molecule has 0 aromatic heterocycles. The number of alkyl halides is 3. The summed E-state index contributed by atoms with van der Waals surface area (Å²) in [7, 11) is 0. The van der Waals surface area contributed by atoms with Crippen molar-refractivity contribution >= 4 is 6.09 Å². The first kappa shape index (κ1) is 15.0. The molecule has 16 heavy (non-hydrogen) atoms. The minimum atomic E-state index is -5.03. The lowest BCUT2D eigenvalue weighted by molar-refractivity contribution is -0.255. The number of hydrogen-bond acceptors (Lipinski definition) is 4. The largest absolute Gasteiger partial charge is 0.444 e. The Morgan fingerprint density at radius 2 is 1.81 bits per heavy atom. The fraction of sp³-hybridized carbons (Fsp3) is 0.875. The SMILES string of the molecule is CC(C)(C)OC(=O)NC[C@](N)(O)C(F)(F)F. The normalized spacial score (nSPS) is 16.5. The van der Waals surface area contributed by atoms with E-state index in [1.165, 1.54) is 0 Å². The third kappa shape index (κ3) is 5.17. The topological polar surface area (TPSA) is 84.6 Å². The summed E-state index contributed by atoms with van der Waals surface area (Å²) in [5.41, 5.74) is 0.260. The van der Waals surface area contributed by atoms with Gasteiger partial charge in [0.2, 0.25) is 5.72 Å². The van der Waals surface area contributed by atoms with Gasteiger partial charge in [-0.3, -0.25) is 5.73 Å². The van der Waals surface area contributed by atoms with E-state index in [-0.39, 0.29) is 0 Å². The van der Waals surface area contributed by atoms with Crippen LogP contribution in [0.2, 0.25) is 0 Å². The van der Waals surface area contributed by atoms with E-state index in [9.17, 15) is 18.0 Å². The number of halogens is 3. The monoisotopic (exact) mass is 244 g/mol.